The van der Waals surface area contributed by atoms with Crippen LogP contribution in [0.4, 0.5) is 5.69 Å². The summed E-state index contributed by atoms with van der Waals surface area (Å²) in [6, 6.07) is 5.89. The van der Waals surface area contributed by atoms with Crippen LogP contribution in [0.2, 0.25) is 0 Å². The third kappa shape index (κ3) is 1.32. The predicted molar refractivity (Wildman–Crippen MR) is 53.3 cm³/mol. The van der Waals surface area contributed by atoms with Crippen LogP contribution in [-0.2, 0) is 6.42 Å². The van der Waals surface area contributed by atoms with E-state index in [9.17, 15) is 4.79 Å². The molecule has 0 saturated heterocycles. The summed E-state index contributed by atoms with van der Waals surface area (Å²) in [6.07, 6.45) is 2.72. The van der Waals surface area contributed by atoms with Crippen LogP contribution in [0.15, 0.2) is 18.2 Å². The standard InChI is InChI=1S/C11H13NO/c1-12-10-6-2-5-9-8(10)4-3-7-11(9)13/h2,5-6,12H,3-4,7H2,1H3. The molecule has 1 aromatic carbocycles. The number of hydrogen-bond acceptors (Lipinski definition) is 2. The maximum absolute atomic E-state index is 11.5. The Labute approximate surface area is 78.0 Å². The van der Waals surface area contributed by atoms with Crippen LogP contribution in [0.3, 0.4) is 0 Å². The van der Waals surface area contributed by atoms with Crippen LogP contribution < -0.4 is 5.32 Å². The number of fused-ring (bicyclic) bond motifs is 1. The molecule has 1 aliphatic carbocycles. The van der Waals surface area contributed by atoms with Gasteiger partial charge in [0.15, 0.2) is 5.78 Å². The summed E-state index contributed by atoms with van der Waals surface area (Å²) in [5.74, 6) is 0.290. The van der Waals surface area contributed by atoms with Gasteiger partial charge in [-0.05, 0) is 24.5 Å². The van der Waals surface area contributed by atoms with E-state index in [1.54, 1.807) is 0 Å². The molecule has 0 bridgehead atoms. The van der Waals surface area contributed by atoms with Crippen LogP contribution in [0.25, 0.3) is 0 Å². The van der Waals surface area contributed by atoms with E-state index in [0.29, 0.717) is 12.2 Å². The van der Waals surface area contributed by atoms with Gasteiger partial charge in [-0.3, -0.25) is 4.79 Å². The van der Waals surface area contributed by atoms with Gasteiger partial charge >= 0.3 is 0 Å². The molecule has 2 nitrogen and oxygen atoms in total. The molecule has 0 radical (unpaired) electrons. The maximum Gasteiger partial charge on any atom is 0.163 e. The van der Waals surface area contributed by atoms with Crippen molar-refractivity contribution >= 4 is 11.5 Å². The summed E-state index contributed by atoms with van der Waals surface area (Å²) in [4.78, 5) is 11.5. The molecule has 0 fully saturated rings. The number of ketones is 1. The van der Waals surface area contributed by atoms with Crippen molar-refractivity contribution in [2.45, 2.75) is 19.3 Å². The number of hydrogen-bond donors (Lipinski definition) is 1. The molecule has 0 atom stereocenters. The zero-order valence-corrected chi connectivity index (χ0v) is 7.76. The molecule has 2 heteroatoms. The van der Waals surface area contributed by atoms with Crippen molar-refractivity contribution in [2.75, 3.05) is 12.4 Å². The molecule has 1 aromatic rings. The first-order chi connectivity index (χ1) is 6.33. The van der Waals surface area contributed by atoms with Crippen molar-refractivity contribution in [2.24, 2.45) is 0 Å². The monoisotopic (exact) mass is 175 g/mol. The summed E-state index contributed by atoms with van der Waals surface area (Å²) in [5, 5.41) is 3.12. The fraction of sp³-hybridized carbons (Fsp3) is 0.364. The zero-order chi connectivity index (χ0) is 9.26. The Balaban J connectivity index is 2.54. The molecule has 2 rings (SSSR count). The summed E-state index contributed by atoms with van der Waals surface area (Å²) >= 11 is 0. The van der Waals surface area contributed by atoms with E-state index in [1.807, 2.05) is 25.2 Å². The molecule has 0 unspecified atom stereocenters. The molecule has 0 aromatic heterocycles. The highest BCUT2D eigenvalue weighted by Crippen LogP contribution is 2.27. The Morgan fingerprint density at radius 1 is 1.31 bits per heavy atom. The lowest BCUT2D eigenvalue weighted by Gasteiger charge is -2.17. The molecule has 0 saturated carbocycles. The predicted octanol–water partition coefficient (Wildman–Crippen LogP) is 2.25. The normalized spacial score (nSPS) is 15.3. The Kier molecular flexibility index (Phi) is 2.05. The second-order valence-electron chi connectivity index (χ2n) is 3.36. The third-order valence-corrected chi connectivity index (χ3v) is 2.58. The van der Waals surface area contributed by atoms with Gasteiger partial charge in [0.1, 0.15) is 0 Å². The Morgan fingerprint density at radius 2 is 2.15 bits per heavy atom. The first-order valence-electron chi connectivity index (χ1n) is 4.66. The van der Waals surface area contributed by atoms with Gasteiger partial charge in [0.05, 0.1) is 0 Å². The van der Waals surface area contributed by atoms with E-state index in [2.05, 4.69) is 5.32 Å². The Bertz CT molecular complexity index is 344. The van der Waals surface area contributed by atoms with Crippen molar-refractivity contribution in [3.8, 4) is 0 Å². The van der Waals surface area contributed by atoms with Gasteiger partial charge in [-0.1, -0.05) is 12.1 Å². The fourth-order valence-corrected chi connectivity index (χ4v) is 1.91. The average molecular weight is 175 g/mol. The lowest BCUT2D eigenvalue weighted by Crippen LogP contribution is -2.12. The lowest BCUT2D eigenvalue weighted by molar-refractivity contribution is 0.0972. The summed E-state index contributed by atoms with van der Waals surface area (Å²) in [5.41, 5.74) is 3.21. The van der Waals surface area contributed by atoms with Crippen molar-refractivity contribution in [3.63, 3.8) is 0 Å². The first kappa shape index (κ1) is 8.30. The lowest BCUT2D eigenvalue weighted by atomic mass is 9.89. The topological polar surface area (TPSA) is 29.1 Å². The van der Waals surface area contributed by atoms with Gasteiger partial charge < -0.3 is 5.32 Å². The smallest absolute Gasteiger partial charge is 0.163 e. The van der Waals surface area contributed by atoms with Gasteiger partial charge in [0, 0.05) is 24.7 Å². The minimum absolute atomic E-state index is 0.290. The molecule has 1 aliphatic rings. The summed E-state index contributed by atoms with van der Waals surface area (Å²) in [7, 11) is 1.90. The largest absolute Gasteiger partial charge is 0.388 e. The van der Waals surface area contributed by atoms with Gasteiger partial charge in [0.25, 0.3) is 0 Å². The van der Waals surface area contributed by atoms with Crippen molar-refractivity contribution in [1.29, 1.82) is 0 Å². The molecule has 1 N–H and O–H groups in total. The maximum atomic E-state index is 11.5. The van der Waals surface area contributed by atoms with Crippen molar-refractivity contribution in [1.82, 2.24) is 0 Å². The quantitative estimate of drug-likeness (QED) is 0.709. The molecule has 0 heterocycles. The summed E-state index contributed by atoms with van der Waals surface area (Å²) < 4.78 is 0. The van der Waals surface area contributed by atoms with Crippen LogP contribution in [0, 0.1) is 0 Å². The highest BCUT2D eigenvalue weighted by molar-refractivity contribution is 5.99. The highest BCUT2D eigenvalue weighted by Gasteiger charge is 2.18. The minimum atomic E-state index is 0.290. The van der Waals surface area contributed by atoms with Gasteiger partial charge in [0.2, 0.25) is 0 Å². The van der Waals surface area contributed by atoms with E-state index in [-0.39, 0.29) is 0 Å². The van der Waals surface area contributed by atoms with Crippen LogP contribution in [-0.4, -0.2) is 12.8 Å². The molecule has 0 spiro atoms. The molecule has 0 aliphatic heterocycles. The summed E-state index contributed by atoms with van der Waals surface area (Å²) in [6.45, 7) is 0. The fourth-order valence-electron chi connectivity index (χ4n) is 1.91. The zero-order valence-electron chi connectivity index (χ0n) is 7.76. The van der Waals surface area contributed by atoms with Crippen LogP contribution in [0.5, 0.6) is 0 Å². The van der Waals surface area contributed by atoms with E-state index >= 15 is 0 Å². The first-order valence-corrected chi connectivity index (χ1v) is 4.66. The number of nitrogens with one attached hydrogen (secondary N) is 1. The second-order valence-corrected chi connectivity index (χ2v) is 3.36. The SMILES string of the molecule is CNc1cccc2c1CCCC2=O. The van der Waals surface area contributed by atoms with Gasteiger partial charge in [-0.2, -0.15) is 0 Å². The van der Waals surface area contributed by atoms with E-state index in [4.69, 9.17) is 0 Å². The van der Waals surface area contributed by atoms with Crippen LogP contribution >= 0.6 is 0 Å². The van der Waals surface area contributed by atoms with Crippen molar-refractivity contribution < 1.29 is 4.79 Å². The number of carbonyl (C=O) groups is 1. The van der Waals surface area contributed by atoms with E-state index < -0.39 is 0 Å². The van der Waals surface area contributed by atoms with Crippen molar-refractivity contribution in [3.05, 3.63) is 29.3 Å². The van der Waals surface area contributed by atoms with Gasteiger partial charge in [-0.25, -0.2) is 0 Å². The molecule has 0 amide bonds. The number of benzene rings is 1. The minimum Gasteiger partial charge on any atom is -0.388 e. The molecule has 13 heavy (non-hydrogen) atoms. The number of rotatable bonds is 1. The molecular weight excluding hydrogens is 162 g/mol. The van der Waals surface area contributed by atoms with E-state index in [1.165, 1.54) is 5.56 Å². The highest BCUT2D eigenvalue weighted by atomic mass is 16.1. The Hall–Kier alpha value is -1.31. The van der Waals surface area contributed by atoms with Gasteiger partial charge in [-0.15, -0.1) is 0 Å². The average Bonchev–Trinajstić information content (AvgIpc) is 2.18. The number of anilines is 1. The molecule has 68 valence electrons. The number of Topliss-reactive ketones (excluding diaryl/α,β-unsaturated/α-hetero) is 1. The third-order valence-electron chi connectivity index (χ3n) is 2.58. The number of carbonyl (C=O) groups excluding carboxylic acids is 1. The van der Waals surface area contributed by atoms with E-state index in [0.717, 1.165) is 24.1 Å². The molecular formula is C11H13NO. The second kappa shape index (κ2) is 3.21. The Morgan fingerprint density at radius 3 is 2.92 bits per heavy atom. The van der Waals surface area contributed by atoms with Crippen LogP contribution in [0.1, 0.15) is 28.8 Å².